The predicted octanol–water partition coefficient (Wildman–Crippen LogP) is 3.73. The quantitative estimate of drug-likeness (QED) is 0.404. The molecule has 0 fully saturated rings. The van der Waals surface area contributed by atoms with Crippen LogP contribution in [-0.4, -0.2) is 39.3 Å². The van der Waals surface area contributed by atoms with Gasteiger partial charge in [-0.15, -0.1) is 0 Å². The number of esters is 1. The second-order valence-corrected chi connectivity index (χ2v) is 8.99. The molecule has 3 aromatic rings. The number of hydrazone groups is 1. The number of benzene rings is 2. The highest BCUT2D eigenvalue weighted by molar-refractivity contribution is 7.89. The van der Waals surface area contributed by atoms with Gasteiger partial charge < -0.3 is 9.15 Å². The zero-order chi connectivity index (χ0) is 26.3. The number of nitrogens with zero attached hydrogens (tertiary/aromatic N) is 2. The highest BCUT2D eigenvalue weighted by atomic mass is 32.2. The second-order valence-electron chi connectivity index (χ2n) is 7.43. The maximum atomic E-state index is 13.7. The minimum Gasteiger partial charge on any atom is -0.465 e. The summed E-state index contributed by atoms with van der Waals surface area (Å²) in [5.41, 5.74) is -1.46. The number of rotatable bonds is 5. The van der Waals surface area contributed by atoms with E-state index in [1.807, 2.05) is 0 Å². The van der Waals surface area contributed by atoms with Gasteiger partial charge in [0.2, 0.25) is 10.0 Å². The third kappa shape index (κ3) is 4.92. The van der Waals surface area contributed by atoms with Gasteiger partial charge in [-0.25, -0.2) is 18.4 Å². The predicted molar refractivity (Wildman–Crippen MR) is 122 cm³/mol. The summed E-state index contributed by atoms with van der Waals surface area (Å²) in [6.07, 6.45) is -4.05. The number of alkyl halides is 3. The Hall–Kier alpha value is -4.23. The molecule has 0 aliphatic carbocycles. The first-order valence-corrected chi connectivity index (χ1v) is 11.6. The third-order valence-corrected chi connectivity index (χ3v) is 5.99. The number of hydrogen-bond acceptors (Lipinski definition) is 7. The van der Waals surface area contributed by atoms with Crippen LogP contribution in [0.5, 0.6) is 0 Å². The van der Waals surface area contributed by atoms with Crippen molar-refractivity contribution in [3.05, 3.63) is 77.6 Å². The zero-order valence-corrected chi connectivity index (χ0v) is 19.1. The lowest BCUT2D eigenvalue weighted by atomic mass is 10.1. The fourth-order valence-corrected chi connectivity index (χ4v) is 3.84. The maximum absolute atomic E-state index is 13.7. The van der Waals surface area contributed by atoms with Gasteiger partial charge in [0, 0.05) is 5.56 Å². The van der Waals surface area contributed by atoms with Gasteiger partial charge in [-0.05, 0) is 54.6 Å². The fraction of sp³-hybridized carbons (Fsp3) is 0.0870. The van der Waals surface area contributed by atoms with Gasteiger partial charge in [-0.2, -0.15) is 23.3 Å². The number of carbonyl (C=O) groups is 2. The van der Waals surface area contributed by atoms with E-state index in [4.69, 9.17) is 9.56 Å². The lowest BCUT2D eigenvalue weighted by Gasteiger charge is -2.11. The van der Waals surface area contributed by atoms with Crippen LogP contribution >= 0.6 is 0 Å². The first kappa shape index (κ1) is 24.9. The van der Waals surface area contributed by atoms with Crippen LogP contribution in [0.4, 0.5) is 18.9 Å². The van der Waals surface area contributed by atoms with Crippen molar-refractivity contribution in [1.82, 2.24) is 0 Å². The summed E-state index contributed by atoms with van der Waals surface area (Å²) < 4.78 is 74.1. The second kappa shape index (κ2) is 9.09. The van der Waals surface area contributed by atoms with Crippen LogP contribution in [0, 0.1) is 0 Å². The number of ether oxygens (including phenoxy) is 1. The molecular formula is C23H16F3N3O6S. The van der Waals surface area contributed by atoms with Crippen molar-refractivity contribution in [2.75, 3.05) is 12.1 Å². The number of sulfonamides is 1. The Morgan fingerprint density at radius 3 is 2.25 bits per heavy atom. The monoisotopic (exact) mass is 519 g/mol. The van der Waals surface area contributed by atoms with Crippen molar-refractivity contribution in [1.29, 1.82) is 0 Å². The number of methoxy groups -OCH3 is 1. The molecular weight excluding hydrogens is 503 g/mol. The molecule has 1 aliphatic rings. The Morgan fingerprint density at radius 1 is 1.06 bits per heavy atom. The topological polar surface area (TPSA) is 132 Å². The Balaban J connectivity index is 1.66. The van der Waals surface area contributed by atoms with Crippen molar-refractivity contribution >= 4 is 39.4 Å². The van der Waals surface area contributed by atoms with Crippen LogP contribution < -0.4 is 10.1 Å². The lowest BCUT2D eigenvalue weighted by molar-refractivity contribution is -0.114. The molecule has 2 N–H and O–H groups in total. The molecule has 0 saturated heterocycles. The molecule has 0 unspecified atom stereocenters. The summed E-state index contributed by atoms with van der Waals surface area (Å²) in [5, 5.41) is 8.95. The van der Waals surface area contributed by atoms with E-state index in [0.29, 0.717) is 16.1 Å². The van der Waals surface area contributed by atoms with E-state index in [9.17, 15) is 31.2 Å². The Morgan fingerprint density at radius 2 is 1.69 bits per heavy atom. The van der Waals surface area contributed by atoms with Gasteiger partial charge in [0.05, 0.1) is 28.8 Å². The van der Waals surface area contributed by atoms with Crippen molar-refractivity contribution in [3.8, 4) is 11.3 Å². The van der Waals surface area contributed by atoms with Crippen LogP contribution in [0.25, 0.3) is 17.4 Å². The van der Waals surface area contributed by atoms with E-state index in [0.717, 1.165) is 30.3 Å². The third-order valence-electron chi connectivity index (χ3n) is 5.06. The molecule has 186 valence electrons. The highest BCUT2D eigenvalue weighted by Crippen LogP contribution is 2.33. The highest BCUT2D eigenvalue weighted by Gasteiger charge is 2.47. The molecule has 0 atom stereocenters. The summed E-state index contributed by atoms with van der Waals surface area (Å²) in [5.74, 6) is -1.39. The van der Waals surface area contributed by atoms with Crippen LogP contribution in [0.15, 0.2) is 80.7 Å². The number of anilines is 1. The van der Waals surface area contributed by atoms with E-state index in [2.05, 4.69) is 9.84 Å². The lowest BCUT2D eigenvalue weighted by Crippen LogP contribution is -2.25. The molecule has 1 aromatic heterocycles. The van der Waals surface area contributed by atoms with E-state index in [-0.39, 0.29) is 22.1 Å². The number of furan rings is 1. The maximum Gasteiger partial charge on any atom is 0.435 e. The molecule has 0 radical (unpaired) electrons. The molecule has 36 heavy (non-hydrogen) atoms. The number of carbonyl (C=O) groups excluding carboxylic acids is 2. The number of amides is 1. The van der Waals surface area contributed by atoms with Gasteiger partial charge in [0.25, 0.3) is 5.91 Å². The van der Waals surface area contributed by atoms with E-state index >= 15 is 0 Å². The first-order chi connectivity index (χ1) is 16.9. The van der Waals surface area contributed by atoms with Crippen LogP contribution in [0.3, 0.4) is 0 Å². The molecule has 2 heterocycles. The molecule has 4 rings (SSSR count). The van der Waals surface area contributed by atoms with Gasteiger partial charge >= 0.3 is 12.1 Å². The van der Waals surface area contributed by atoms with E-state index in [1.165, 1.54) is 31.4 Å². The first-order valence-electron chi connectivity index (χ1n) is 10.0. The number of primary sulfonamides is 1. The summed E-state index contributed by atoms with van der Waals surface area (Å²) in [7, 11) is -2.79. The van der Waals surface area contributed by atoms with Gasteiger partial charge in [0.15, 0.2) is 5.71 Å². The number of nitrogens with two attached hydrogens (primary N) is 1. The Kier molecular flexibility index (Phi) is 6.28. The molecule has 1 amide bonds. The van der Waals surface area contributed by atoms with Crippen molar-refractivity contribution in [3.63, 3.8) is 0 Å². The van der Waals surface area contributed by atoms with E-state index < -0.39 is 39.4 Å². The SMILES string of the molecule is COC(=O)c1ccc(-c2ccc(C=C3C(=O)N(c4ccc(S(N)(=O)=O)cc4)N=C3C(F)(F)F)o2)cc1. The Bertz CT molecular complexity index is 1510. The minimum atomic E-state index is -4.96. The average molecular weight is 519 g/mol. The molecule has 0 bridgehead atoms. The van der Waals surface area contributed by atoms with Gasteiger partial charge in [0.1, 0.15) is 11.5 Å². The molecule has 0 saturated carbocycles. The van der Waals surface area contributed by atoms with Gasteiger partial charge in [-0.1, -0.05) is 12.1 Å². The van der Waals surface area contributed by atoms with Crippen molar-refractivity contribution < 1.29 is 40.3 Å². The number of halogens is 3. The van der Waals surface area contributed by atoms with E-state index in [1.54, 1.807) is 12.1 Å². The summed E-state index contributed by atoms with van der Waals surface area (Å²) >= 11 is 0. The average Bonchev–Trinajstić information content (AvgIpc) is 3.43. The fourth-order valence-electron chi connectivity index (χ4n) is 3.32. The van der Waals surface area contributed by atoms with Crippen LogP contribution in [0.1, 0.15) is 16.1 Å². The smallest absolute Gasteiger partial charge is 0.435 e. The molecule has 2 aromatic carbocycles. The number of hydrogen-bond donors (Lipinski definition) is 1. The normalized spacial score (nSPS) is 15.4. The zero-order valence-electron chi connectivity index (χ0n) is 18.3. The summed E-state index contributed by atoms with van der Waals surface area (Å²) in [6, 6.07) is 13.3. The van der Waals surface area contributed by atoms with Crippen LogP contribution in [-0.2, 0) is 19.6 Å². The summed E-state index contributed by atoms with van der Waals surface area (Å²) in [4.78, 5) is 24.2. The van der Waals surface area contributed by atoms with Crippen molar-refractivity contribution in [2.24, 2.45) is 10.2 Å². The molecule has 1 aliphatic heterocycles. The molecule has 0 spiro atoms. The van der Waals surface area contributed by atoms with Crippen LogP contribution in [0.2, 0.25) is 0 Å². The molecule has 13 heteroatoms. The summed E-state index contributed by atoms with van der Waals surface area (Å²) in [6.45, 7) is 0. The van der Waals surface area contributed by atoms with Gasteiger partial charge in [-0.3, -0.25) is 4.79 Å². The minimum absolute atomic E-state index is 0.0474. The standard InChI is InChI=1S/C23H16F3N3O6S/c1-34-22(31)14-4-2-13(3-5-14)19-11-8-16(35-19)12-18-20(23(24,25)26)28-29(21(18)30)15-6-9-17(10-7-15)36(27,32)33/h2-12H,1H3,(H2,27,32,33). The Labute approximate surface area is 202 Å². The van der Waals surface area contributed by atoms with Crippen molar-refractivity contribution in [2.45, 2.75) is 11.1 Å². The largest absolute Gasteiger partial charge is 0.465 e. The molecule has 9 nitrogen and oxygen atoms in total.